The zero-order chi connectivity index (χ0) is 11.4. The molecule has 1 saturated carbocycles. The molecule has 0 radical (unpaired) electrons. The molecule has 0 aromatic carbocycles. The van der Waals surface area contributed by atoms with Gasteiger partial charge in [-0.1, -0.05) is 6.92 Å². The summed E-state index contributed by atoms with van der Waals surface area (Å²) in [5, 5.41) is 3.53. The highest BCUT2D eigenvalue weighted by Crippen LogP contribution is 2.35. The topological polar surface area (TPSA) is 24.5 Å². The van der Waals surface area contributed by atoms with Crippen LogP contribution in [-0.2, 0) is 4.74 Å². The van der Waals surface area contributed by atoms with Crippen LogP contribution in [-0.4, -0.2) is 50.8 Å². The van der Waals surface area contributed by atoms with Crippen LogP contribution in [0.1, 0.15) is 32.6 Å². The van der Waals surface area contributed by atoms with E-state index in [-0.39, 0.29) is 0 Å². The van der Waals surface area contributed by atoms with E-state index in [4.69, 9.17) is 4.74 Å². The zero-order valence-electron chi connectivity index (χ0n) is 10.8. The molecule has 1 unspecified atom stereocenters. The third-order valence-electron chi connectivity index (χ3n) is 4.27. The molecule has 0 spiro atoms. The quantitative estimate of drug-likeness (QED) is 0.712. The molecule has 94 valence electrons. The Balaban J connectivity index is 1.87. The normalized spacial score (nSPS) is 30.2. The fraction of sp³-hybridized carbons (Fsp3) is 1.00. The summed E-state index contributed by atoms with van der Waals surface area (Å²) in [5.41, 5.74) is 0.538. The SMILES string of the molecule is CCC1(CN(CCOC)C2CC2)CCNC1. The van der Waals surface area contributed by atoms with Gasteiger partial charge in [0.25, 0.3) is 0 Å². The van der Waals surface area contributed by atoms with Crippen molar-refractivity contribution in [3.8, 4) is 0 Å². The van der Waals surface area contributed by atoms with Gasteiger partial charge in [-0.05, 0) is 37.6 Å². The molecule has 0 aromatic heterocycles. The van der Waals surface area contributed by atoms with Gasteiger partial charge in [0.1, 0.15) is 0 Å². The molecule has 1 aliphatic carbocycles. The number of hydrogen-bond donors (Lipinski definition) is 1. The first kappa shape index (κ1) is 12.3. The lowest BCUT2D eigenvalue weighted by Gasteiger charge is -2.34. The third kappa shape index (κ3) is 2.96. The molecule has 1 saturated heterocycles. The highest BCUT2D eigenvalue weighted by atomic mass is 16.5. The number of ether oxygens (including phenoxy) is 1. The molecule has 0 aromatic rings. The fourth-order valence-corrected chi connectivity index (χ4v) is 2.81. The summed E-state index contributed by atoms with van der Waals surface area (Å²) in [6.07, 6.45) is 5.45. The standard InChI is InChI=1S/C13H26N2O/c1-3-13(6-7-14-10-13)11-15(8-9-16-2)12-4-5-12/h12,14H,3-11H2,1-2H3. The second kappa shape index (κ2) is 5.48. The Labute approximate surface area is 99.5 Å². The number of hydrogen-bond acceptors (Lipinski definition) is 3. The van der Waals surface area contributed by atoms with E-state index in [0.717, 1.165) is 19.2 Å². The van der Waals surface area contributed by atoms with Gasteiger partial charge in [-0.15, -0.1) is 0 Å². The summed E-state index contributed by atoms with van der Waals surface area (Å²) in [6, 6.07) is 0.860. The van der Waals surface area contributed by atoms with Crippen molar-refractivity contribution < 1.29 is 4.74 Å². The van der Waals surface area contributed by atoms with Crippen molar-refractivity contribution in [1.82, 2.24) is 10.2 Å². The van der Waals surface area contributed by atoms with Gasteiger partial charge in [0.2, 0.25) is 0 Å². The highest BCUT2D eigenvalue weighted by molar-refractivity contribution is 4.93. The average Bonchev–Trinajstić information content (AvgIpc) is 3.05. The predicted octanol–water partition coefficient (Wildman–Crippen LogP) is 1.49. The summed E-state index contributed by atoms with van der Waals surface area (Å²) in [7, 11) is 1.80. The lowest BCUT2D eigenvalue weighted by atomic mass is 9.83. The predicted molar refractivity (Wildman–Crippen MR) is 66.7 cm³/mol. The van der Waals surface area contributed by atoms with Gasteiger partial charge < -0.3 is 10.1 Å². The summed E-state index contributed by atoms with van der Waals surface area (Å²) < 4.78 is 5.22. The molecular formula is C13H26N2O. The second-order valence-electron chi connectivity index (χ2n) is 5.47. The van der Waals surface area contributed by atoms with Gasteiger partial charge in [0.05, 0.1) is 6.61 Å². The van der Waals surface area contributed by atoms with Crippen LogP contribution in [0.15, 0.2) is 0 Å². The van der Waals surface area contributed by atoms with Crippen LogP contribution < -0.4 is 5.32 Å². The Hall–Kier alpha value is -0.120. The van der Waals surface area contributed by atoms with Crippen LogP contribution in [0.4, 0.5) is 0 Å². The Bertz CT molecular complexity index is 210. The monoisotopic (exact) mass is 226 g/mol. The van der Waals surface area contributed by atoms with E-state index in [9.17, 15) is 0 Å². The molecule has 1 N–H and O–H groups in total. The van der Waals surface area contributed by atoms with E-state index in [2.05, 4.69) is 17.1 Å². The summed E-state index contributed by atoms with van der Waals surface area (Å²) in [6.45, 7) is 8.02. The lowest BCUT2D eigenvalue weighted by molar-refractivity contribution is 0.104. The van der Waals surface area contributed by atoms with Crippen LogP contribution in [0.3, 0.4) is 0 Å². The van der Waals surface area contributed by atoms with Crippen LogP contribution in [0.5, 0.6) is 0 Å². The molecule has 2 rings (SSSR count). The molecule has 16 heavy (non-hydrogen) atoms. The maximum absolute atomic E-state index is 5.22. The Morgan fingerprint density at radius 3 is 2.75 bits per heavy atom. The summed E-state index contributed by atoms with van der Waals surface area (Å²) >= 11 is 0. The average molecular weight is 226 g/mol. The highest BCUT2D eigenvalue weighted by Gasteiger charge is 2.38. The first-order valence-corrected chi connectivity index (χ1v) is 6.73. The molecule has 0 bridgehead atoms. The van der Waals surface area contributed by atoms with Gasteiger partial charge in [0.15, 0.2) is 0 Å². The van der Waals surface area contributed by atoms with E-state index in [1.165, 1.54) is 45.3 Å². The summed E-state index contributed by atoms with van der Waals surface area (Å²) in [4.78, 5) is 2.67. The minimum Gasteiger partial charge on any atom is -0.383 e. The first-order valence-electron chi connectivity index (χ1n) is 6.73. The third-order valence-corrected chi connectivity index (χ3v) is 4.27. The van der Waals surface area contributed by atoms with Gasteiger partial charge in [-0.2, -0.15) is 0 Å². The van der Waals surface area contributed by atoms with Crippen molar-refractivity contribution in [2.75, 3.05) is 39.9 Å². The molecule has 3 nitrogen and oxygen atoms in total. The fourth-order valence-electron chi connectivity index (χ4n) is 2.81. The maximum Gasteiger partial charge on any atom is 0.0589 e. The van der Waals surface area contributed by atoms with Crippen molar-refractivity contribution in [3.63, 3.8) is 0 Å². The largest absolute Gasteiger partial charge is 0.383 e. The molecular weight excluding hydrogens is 200 g/mol. The Morgan fingerprint density at radius 1 is 1.44 bits per heavy atom. The smallest absolute Gasteiger partial charge is 0.0589 e. The van der Waals surface area contributed by atoms with E-state index in [0.29, 0.717) is 5.41 Å². The van der Waals surface area contributed by atoms with Crippen molar-refractivity contribution in [2.45, 2.75) is 38.6 Å². The Morgan fingerprint density at radius 2 is 2.25 bits per heavy atom. The van der Waals surface area contributed by atoms with Crippen LogP contribution in [0.2, 0.25) is 0 Å². The number of methoxy groups -OCH3 is 1. The lowest BCUT2D eigenvalue weighted by Crippen LogP contribution is -2.41. The number of rotatable bonds is 7. The number of nitrogens with zero attached hydrogens (tertiary/aromatic N) is 1. The molecule has 2 aliphatic rings. The molecule has 3 heteroatoms. The van der Waals surface area contributed by atoms with Crippen molar-refractivity contribution in [2.24, 2.45) is 5.41 Å². The van der Waals surface area contributed by atoms with Gasteiger partial charge in [-0.3, -0.25) is 4.90 Å². The molecule has 2 fully saturated rings. The van der Waals surface area contributed by atoms with E-state index in [1.807, 2.05) is 0 Å². The van der Waals surface area contributed by atoms with Gasteiger partial charge in [-0.25, -0.2) is 0 Å². The van der Waals surface area contributed by atoms with Crippen molar-refractivity contribution in [1.29, 1.82) is 0 Å². The van der Waals surface area contributed by atoms with Gasteiger partial charge >= 0.3 is 0 Å². The van der Waals surface area contributed by atoms with Crippen LogP contribution in [0, 0.1) is 5.41 Å². The molecule has 1 aliphatic heterocycles. The number of nitrogens with one attached hydrogen (secondary N) is 1. The minimum absolute atomic E-state index is 0.538. The maximum atomic E-state index is 5.22. The van der Waals surface area contributed by atoms with Crippen LogP contribution >= 0.6 is 0 Å². The van der Waals surface area contributed by atoms with Crippen LogP contribution in [0.25, 0.3) is 0 Å². The Kier molecular flexibility index (Phi) is 4.22. The summed E-state index contributed by atoms with van der Waals surface area (Å²) in [5.74, 6) is 0. The first-order chi connectivity index (χ1) is 7.79. The zero-order valence-corrected chi connectivity index (χ0v) is 10.8. The molecule has 1 heterocycles. The van der Waals surface area contributed by atoms with E-state index >= 15 is 0 Å². The minimum atomic E-state index is 0.538. The van der Waals surface area contributed by atoms with Crippen molar-refractivity contribution in [3.05, 3.63) is 0 Å². The van der Waals surface area contributed by atoms with Gasteiger partial charge in [0, 0.05) is 32.8 Å². The molecule has 0 amide bonds. The van der Waals surface area contributed by atoms with Crippen molar-refractivity contribution >= 4 is 0 Å². The van der Waals surface area contributed by atoms with E-state index < -0.39 is 0 Å². The second-order valence-corrected chi connectivity index (χ2v) is 5.47. The van der Waals surface area contributed by atoms with E-state index in [1.54, 1.807) is 7.11 Å². The molecule has 1 atom stereocenters.